The number of hydrogen-bond donors (Lipinski definition) is 2. The molecule has 19 heavy (non-hydrogen) atoms. The Balaban J connectivity index is 2.12. The van der Waals surface area contributed by atoms with Crippen molar-refractivity contribution in [3.8, 4) is 5.82 Å². The highest BCUT2D eigenvalue weighted by molar-refractivity contribution is 5.99. The third-order valence-electron chi connectivity index (χ3n) is 3.53. The molecule has 1 aliphatic carbocycles. The fourth-order valence-electron chi connectivity index (χ4n) is 2.13. The van der Waals surface area contributed by atoms with E-state index in [2.05, 4.69) is 15.3 Å². The monoisotopic (exact) mass is 256 g/mol. The van der Waals surface area contributed by atoms with Gasteiger partial charge in [-0.25, -0.2) is 4.68 Å². The molecule has 3 rings (SSSR count). The van der Waals surface area contributed by atoms with Gasteiger partial charge in [-0.2, -0.15) is 10.2 Å². The lowest BCUT2D eigenvalue weighted by atomic mass is 10.1. The van der Waals surface area contributed by atoms with Crippen LogP contribution in [0.15, 0.2) is 12.3 Å². The second kappa shape index (κ2) is 4.15. The number of nitrogens with one attached hydrogen (secondary N) is 1. The van der Waals surface area contributed by atoms with Crippen molar-refractivity contribution in [2.45, 2.75) is 32.6 Å². The van der Waals surface area contributed by atoms with Crippen LogP contribution in [0.4, 0.5) is 0 Å². The van der Waals surface area contributed by atoms with Crippen LogP contribution in [0.2, 0.25) is 0 Å². The first kappa shape index (κ1) is 11.8. The molecule has 0 aliphatic heterocycles. The van der Waals surface area contributed by atoms with E-state index in [-0.39, 0.29) is 5.84 Å². The summed E-state index contributed by atoms with van der Waals surface area (Å²) >= 11 is 0. The number of aryl methyl sites for hydroxylation is 1. The van der Waals surface area contributed by atoms with Gasteiger partial charge in [-0.15, -0.1) is 5.10 Å². The number of nitrogens with two attached hydrogens (primary N) is 1. The Morgan fingerprint density at radius 1 is 1.37 bits per heavy atom. The Bertz CT molecular complexity index is 653. The summed E-state index contributed by atoms with van der Waals surface area (Å²) in [5.41, 5.74) is 9.02. The van der Waals surface area contributed by atoms with Crippen LogP contribution >= 0.6 is 0 Å². The van der Waals surface area contributed by atoms with Crippen molar-refractivity contribution in [1.29, 1.82) is 5.41 Å². The van der Waals surface area contributed by atoms with Gasteiger partial charge in [0.05, 0.1) is 17.0 Å². The lowest BCUT2D eigenvalue weighted by Crippen LogP contribution is -2.19. The van der Waals surface area contributed by atoms with Gasteiger partial charge in [0.2, 0.25) is 0 Å². The Kier molecular flexibility index (Phi) is 2.58. The molecule has 0 radical (unpaired) electrons. The van der Waals surface area contributed by atoms with Crippen molar-refractivity contribution in [3.05, 3.63) is 34.8 Å². The van der Waals surface area contributed by atoms with Crippen LogP contribution in [0.1, 0.15) is 41.3 Å². The van der Waals surface area contributed by atoms with E-state index >= 15 is 0 Å². The molecule has 98 valence electrons. The molecule has 2 aromatic rings. The smallest absolute Gasteiger partial charge is 0.186 e. The van der Waals surface area contributed by atoms with Crippen LogP contribution in [0.5, 0.6) is 0 Å². The molecule has 0 aromatic carbocycles. The predicted molar refractivity (Wildman–Crippen MR) is 71.6 cm³/mol. The fraction of sp³-hybridized carbons (Fsp3) is 0.385. The standard InChI is InChI=1S/C13H16N6/c1-7-8(2)16-17-13(11(7)12(14)15)19-6-5-10(18-19)9-3-4-9/h5-6,9H,3-4H2,1-2H3,(H3,14,15). The average Bonchev–Trinajstić information content (AvgIpc) is 3.10. The number of nitrogen functional groups attached to an aromatic ring is 1. The number of rotatable bonds is 3. The minimum Gasteiger partial charge on any atom is -0.384 e. The highest BCUT2D eigenvalue weighted by Crippen LogP contribution is 2.39. The Morgan fingerprint density at radius 2 is 2.11 bits per heavy atom. The summed E-state index contributed by atoms with van der Waals surface area (Å²) in [5.74, 6) is 1.11. The number of hydrogen-bond acceptors (Lipinski definition) is 4. The van der Waals surface area contributed by atoms with Crippen molar-refractivity contribution in [2.24, 2.45) is 5.73 Å². The quantitative estimate of drug-likeness (QED) is 0.642. The van der Waals surface area contributed by atoms with E-state index in [4.69, 9.17) is 11.1 Å². The van der Waals surface area contributed by atoms with E-state index in [1.807, 2.05) is 26.1 Å². The highest BCUT2D eigenvalue weighted by Gasteiger charge is 2.26. The molecule has 6 nitrogen and oxygen atoms in total. The molecule has 2 aromatic heterocycles. The Hall–Kier alpha value is -2.24. The van der Waals surface area contributed by atoms with Crippen LogP contribution < -0.4 is 5.73 Å². The highest BCUT2D eigenvalue weighted by atomic mass is 15.3. The minimum absolute atomic E-state index is 0.00558. The molecule has 0 unspecified atom stereocenters. The first-order valence-corrected chi connectivity index (χ1v) is 6.32. The largest absolute Gasteiger partial charge is 0.384 e. The molecule has 2 heterocycles. The average molecular weight is 256 g/mol. The van der Waals surface area contributed by atoms with Crippen LogP contribution in [0.3, 0.4) is 0 Å². The van der Waals surface area contributed by atoms with Crippen molar-refractivity contribution in [1.82, 2.24) is 20.0 Å². The van der Waals surface area contributed by atoms with Gasteiger partial charge in [-0.3, -0.25) is 5.41 Å². The third-order valence-corrected chi connectivity index (χ3v) is 3.53. The molecule has 1 fully saturated rings. The second-order valence-electron chi connectivity index (χ2n) is 4.98. The van der Waals surface area contributed by atoms with Gasteiger partial charge in [-0.05, 0) is 38.3 Å². The molecule has 1 saturated carbocycles. The van der Waals surface area contributed by atoms with E-state index in [1.165, 1.54) is 12.8 Å². The molecular weight excluding hydrogens is 240 g/mol. The van der Waals surface area contributed by atoms with Gasteiger partial charge in [-0.1, -0.05) is 0 Å². The van der Waals surface area contributed by atoms with Crippen LogP contribution in [0, 0.1) is 19.3 Å². The van der Waals surface area contributed by atoms with E-state index in [0.29, 0.717) is 17.3 Å². The summed E-state index contributed by atoms with van der Waals surface area (Å²) < 4.78 is 1.67. The summed E-state index contributed by atoms with van der Waals surface area (Å²) in [7, 11) is 0. The molecule has 0 amide bonds. The predicted octanol–water partition coefficient (Wildman–Crippen LogP) is 1.44. The summed E-state index contributed by atoms with van der Waals surface area (Å²) in [5, 5.41) is 20.5. The van der Waals surface area contributed by atoms with Gasteiger partial charge in [0.25, 0.3) is 0 Å². The van der Waals surface area contributed by atoms with Gasteiger partial charge >= 0.3 is 0 Å². The molecule has 0 spiro atoms. The topological polar surface area (TPSA) is 93.5 Å². The van der Waals surface area contributed by atoms with Crippen LogP contribution in [-0.4, -0.2) is 25.8 Å². The minimum atomic E-state index is -0.00558. The second-order valence-corrected chi connectivity index (χ2v) is 4.98. The maximum atomic E-state index is 7.74. The zero-order chi connectivity index (χ0) is 13.6. The normalized spacial score (nSPS) is 14.6. The first-order chi connectivity index (χ1) is 9.08. The zero-order valence-electron chi connectivity index (χ0n) is 11.0. The number of aromatic nitrogens is 4. The van der Waals surface area contributed by atoms with Gasteiger partial charge in [0.15, 0.2) is 5.82 Å². The van der Waals surface area contributed by atoms with E-state index < -0.39 is 0 Å². The molecule has 1 aliphatic rings. The van der Waals surface area contributed by atoms with Crippen molar-refractivity contribution in [3.63, 3.8) is 0 Å². The molecule has 0 bridgehead atoms. The van der Waals surface area contributed by atoms with Crippen LogP contribution in [0.25, 0.3) is 5.82 Å². The molecule has 3 N–H and O–H groups in total. The van der Waals surface area contributed by atoms with Gasteiger partial charge in [0.1, 0.15) is 5.84 Å². The maximum Gasteiger partial charge on any atom is 0.186 e. The van der Waals surface area contributed by atoms with Crippen molar-refractivity contribution >= 4 is 5.84 Å². The summed E-state index contributed by atoms with van der Waals surface area (Å²) in [4.78, 5) is 0. The lowest BCUT2D eigenvalue weighted by Gasteiger charge is -2.11. The lowest BCUT2D eigenvalue weighted by molar-refractivity contribution is 0.777. The van der Waals surface area contributed by atoms with Crippen molar-refractivity contribution < 1.29 is 0 Å². The summed E-state index contributed by atoms with van der Waals surface area (Å²) in [6.07, 6.45) is 4.27. The molecule has 0 saturated heterocycles. The Labute approximate surface area is 111 Å². The first-order valence-electron chi connectivity index (χ1n) is 6.32. The van der Waals surface area contributed by atoms with Crippen LogP contribution in [-0.2, 0) is 0 Å². The summed E-state index contributed by atoms with van der Waals surface area (Å²) in [6, 6.07) is 2.00. The number of nitrogens with zero attached hydrogens (tertiary/aromatic N) is 4. The van der Waals surface area contributed by atoms with E-state index in [9.17, 15) is 0 Å². The molecule has 6 heteroatoms. The van der Waals surface area contributed by atoms with E-state index in [1.54, 1.807) is 4.68 Å². The molecular formula is C13H16N6. The Morgan fingerprint density at radius 3 is 2.74 bits per heavy atom. The third kappa shape index (κ3) is 1.99. The zero-order valence-corrected chi connectivity index (χ0v) is 11.0. The van der Waals surface area contributed by atoms with Gasteiger partial charge < -0.3 is 5.73 Å². The maximum absolute atomic E-state index is 7.74. The van der Waals surface area contributed by atoms with Crippen molar-refractivity contribution in [2.75, 3.05) is 0 Å². The molecule has 0 atom stereocenters. The fourth-order valence-corrected chi connectivity index (χ4v) is 2.13. The number of amidine groups is 1. The van der Waals surface area contributed by atoms with E-state index in [0.717, 1.165) is 17.0 Å². The SMILES string of the molecule is Cc1nnc(-n2ccc(C3CC3)n2)c(C(=N)N)c1C. The van der Waals surface area contributed by atoms with Gasteiger partial charge in [0, 0.05) is 12.1 Å². The summed E-state index contributed by atoms with van der Waals surface area (Å²) in [6.45, 7) is 3.76.